The zero-order chi connectivity index (χ0) is 24.6. The Morgan fingerprint density at radius 2 is 1.69 bits per heavy atom. The van der Waals surface area contributed by atoms with Gasteiger partial charge in [-0.2, -0.15) is 0 Å². The molecule has 35 heavy (non-hydrogen) atoms. The van der Waals surface area contributed by atoms with Gasteiger partial charge in [-0.25, -0.2) is 9.97 Å². The number of ether oxygens (including phenoxy) is 1. The number of rotatable bonds is 9. The molecule has 3 heterocycles. The Kier molecular flexibility index (Phi) is 9.06. The van der Waals surface area contributed by atoms with Gasteiger partial charge >= 0.3 is 0 Å². The van der Waals surface area contributed by atoms with Crippen molar-refractivity contribution in [3.63, 3.8) is 0 Å². The number of morpholine rings is 1. The summed E-state index contributed by atoms with van der Waals surface area (Å²) in [6, 6.07) is 10.5. The largest absolute Gasteiger partial charge is 0.378 e. The third kappa shape index (κ3) is 6.77. The molecule has 0 saturated carbocycles. The molecule has 1 amide bonds. The first kappa shape index (κ1) is 25.5. The van der Waals surface area contributed by atoms with Gasteiger partial charge in [0, 0.05) is 69.8 Å². The van der Waals surface area contributed by atoms with E-state index in [2.05, 4.69) is 49.3 Å². The standard InChI is InChI=1S/C25H37N7O2S/c1-4-30(5-2)24(33)19-29-10-12-32(13-11-29)23-18-22(27-25(28-23)35-3)26-20-6-8-21(9-7-20)31-14-16-34-17-15-31/h6-9,18H,4-5,10-17,19H2,1-3H3,(H,26,27,28). The number of carbonyl (C=O) groups excluding carboxylic acids is 1. The number of benzene rings is 1. The third-order valence-electron chi connectivity index (χ3n) is 6.56. The van der Waals surface area contributed by atoms with E-state index in [9.17, 15) is 4.79 Å². The van der Waals surface area contributed by atoms with Gasteiger partial charge in [0.1, 0.15) is 11.6 Å². The fourth-order valence-electron chi connectivity index (χ4n) is 4.46. The highest BCUT2D eigenvalue weighted by Crippen LogP contribution is 2.25. The molecule has 190 valence electrons. The van der Waals surface area contributed by atoms with Crippen LogP contribution in [0.25, 0.3) is 0 Å². The lowest BCUT2D eigenvalue weighted by Gasteiger charge is -2.36. The molecule has 0 spiro atoms. The van der Waals surface area contributed by atoms with Gasteiger partial charge in [0.2, 0.25) is 5.91 Å². The van der Waals surface area contributed by atoms with E-state index in [1.165, 1.54) is 5.69 Å². The maximum atomic E-state index is 12.5. The number of piperazine rings is 1. The molecule has 1 aromatic carbocycles. The third-order valence-corrected chi connectivity index (χ3v) is 7.11. The Morgan fingerprint density at radius 1 is 1.00 bits per heavy atom. The van der Waals surface area contributed by atoms with Crippen molar-refractivity contribution in [3.8, 4) is 0 Å². The summed E-state index contributed by atoms with van der Waals surface area (Å²) in [4.78, 5) is 30.7. The van der Waals surface area contributed by atoms with E-state index in [4.69, 9.17) is 9.72 Å². The smallest absolute Gasteiger partial charge is 0.236 e. The highest BCUT2D eigenvalue weighted by Gasteiger charge is 2.22. The second kappa shape index (κ2) is 12.4. The molecule has 1 N–H and O–H groups in total. The summed E-state index contributed by atoms with van der Waals surface area (Å²) in [7, 11) is 0. The van der Waals surface area contributed by atoms with E-state index in [0.29, 0.717) is 6.54 Å². The Bertz CT molecular complexity index is 957. The molecule has 10 heteroatoms. The van der Waals surface area contributed by atoms with E-state index in [1.54, 1.807) is 11.8 Å². The van der Waals surface area contributed by atoms with Gasteiger partial charge in [0.15, 0.2) is 5.16 Å². The first-order chi connectivity index (χ1) is 17.1. The second-order valence-electron chi connectivity index (χ2n) is 8.70. The van der Waals surface area contributed by atoms with Crippen LogP contribution in [0.3, 0.4) is 0 Å². The van der Waals surface area contributed by atoms with Crippen molar-refractivity contribution in [2.75, 3.05) is 93.5 Å². The molecule has 9 nitrogen and oxygen atoms in total. The van der Waals surface area contributed by atoms with Crippen LogP contribution < -0.4 is 15.1 Å². The molecule has 1 aromatic heterocycles. The van der Waals surface area contributed by atoms with E-state index < -0.39 is 0 Å². The SMILES string of the molecule is CCN(CC)C(=O)CN1CCN(c2cc(Nc3ccc(N4CCOCC4)cc3)nc(SC)n2)CC1. The van der Waals surface area contributed by atoms with Crippen molar-refractivity contribution in [2.24, 2.45) is 0 Å². The van der Waals surface area contributed by atoms with Gasteiger partial charge in [-0.15, -0.1) is 0 Å². The average Bonchev–Trinajstić information content (AvgIpc) is 2.90. The summed E-state index contributed by atoms with van der Waals surface area (Å²) in [6.07, 6.45) is 2.00. The number of hydrogen-bond donors (Lipinski definition) is 1. The number of nitrogens with one attached hydrogen (secondary N) is 1. The van der Waals surface area contributed by atoms with Crippen molar-refractivity contribution in [1.29, 1.82) is 0 Å². The van der Waals surface area contributed by atoms with Crippen molar-refractivity contribution in [1.82, 2.24) is 19.8 Å². The van der Waals surface area contributed by atoms with Crippen LogP contribution in [0.5, 0.6) is 0 Å². The van der Waals surface area contributed by atoms with Crippen molar-refractivity contribution < 1.29 is 9.53 Å². The summed E-state index contributed by atoms with van der Waals surface area (Å²) in [5, 5.41) is 4.20. The van der Waals surface area contributed by atoms with Gasteiger partial charge < -0.3 is 24.8 Å². The van der Waals surface area contributed by atoms with Gasteiger partial charge in [0.25, 0.3) is 0 Å². The summed E-state index contributed by atoms with van der Waals surface area (Å²) in [5.74, 6) is 1.92. The van der Waals surface area contributed by atoms with Crippen LogP contribution in [-0.2, 0) is 9.53 Å². The lowest BCUT2D eigenvalue weighted by atomic mass is 10.2. The van der Waals surface area contributed by atoms with Crippen molar-refractivity contribution >= 4 is 40.7 Å². The number of thioether (sulfide) groups is 1. The summed E-state index contributed by atoms with van der Waals surface area (Å²) < 4.78 is 5.45. The maximum absolute atomic E-state index is 12.5. The average molecular weight is 500 g/mol. The van der Waals surface area contributed by atoms with Crippen LogP contribution in [0.4, 0.5) is 23.0 Å². The second-order valence-corrected chi connectivity index (χ2v) is 9.47. The number of likely N-dealkylation sites (N-methyl/N-ethyl adjacent to an activating group) is 1. The first-order valence-corrected chi connectivity index (χ1v) is 13.7. The molecule has 2 saturated heterocycles. The zero-order valence-electron chi connectivity index (χ0n) is 21.1. The molecular formula is C25H37N7O2S. The van der Waals surface area contributed by atoms with Gasteiger partial charge in [-0.3, -0.25) is 9.69 Å². The molecule has 0 atom stereocenters. The van der Waals surface area contributed by atoms with Crippen LogP contribution >= 0.6 is 11.8 Å². The summed E-state index contributed by atoms with van der Waals surface area (Å²) >= 11 is 1.54. The van der Waals surface area contributed by atoms with E-state index in [-0.39, 0.29) is 5.91 Å². The Labute approximate surface area is 212 Å². The molecule has 2 aliphatic heterocycles. The van der Waals surface area contributed by atoms with Crippen LogP contribution in [0.15, 0.2) is 35.5 Å². The quantitative estimate of drug-likeness (QED) is 0.414. The van der Waals surface area contributed by atoms with E-state index in [1.807, 2.05) is 31.1 Å². The Hall–Kier alpha value is -2.56. The molecule has 4 rings (SSSR count). The minimum absolute atomic E-state index is 0.210. The molecule has 2 aliphatic rings. The van der Waals surface area contributed by atoms with Crippen LogP contribution in [-0.4, -0.2) is 104 Å². The molecule has 0 bridgehead atoms. The number of amides is 1. The van der Waals surface area contributed by atoms with Gasteiger partial charge in [0.05, 0.1) is 19.8 Å². The Balaban J connectivity index is 1.38. The van der Waals surface area contributed by atoms with Crippen LogP contribution in [0.2, 0.25) is 0 Å². The van der Waals surface area contributed by atoms with E-state index >= 15 is 0 Å². The highest BCUT2D eigenvalue weighted by molar-refractivity contribution is 7.98. The van der Waals surface area contributed by atoms with Crippen LogP contribution in [0, 0.1) is 0 Å². The van der Waals surface area contributed by atoms with Crippen LogP contribution in [0.1, 0.15) is 13.8 Å². The lowest BCUT2D eigenvalue weighted by molar-refractivity contribution is -0.132. The number of hydrogen-bond acceptors (Lipinski definition) is 9. The molecule has 2 aromatic rings. The van der Waals surface area contributed by atoms with Crippen molar-refractivity contribution in [2.45, 2.75) is 19.0 Å². The maximum Gasteiger partial charge on any atom is 0.236 e. The minimum Gasteiger partial charge on any atom is -0.378 e. The number of anilines is 4. The fourth-order valence-corrected chi connectivity index (χ4v) is 4.83. The normalized spacial score (nSPS) is 16.9. The fraction of sp³-hybridized carbons (Fsp3) is 0.560. The summed E-state index contributed by atoms with van der Waals surface area (Å²) in [5.41, 5.74) is 2.21. The zero-order valence-corrected chi connectivity index (χ0v) is 21.9. The highest BCUT2D eigenvalue weighted by atomic mass is 32.2. The minimum atomic E-state index is 0.210. The monoisotopic (exact) mass is 499 g/mol. The van der Waals surface area contributed by atoms with Crippen molar-refractivity contribution in [3.05, 3.63) is 30.3 Å². The predicted octanol–water partition coefficient (Wildman–Crippen LogP) is 2.77. The molecular weight excluding hydrogens is 462 g/mol. The first-order valence-electron chi connectivity index (χ1n) is 12.5. The molecule has 0 unspecified atom stereocenters. The summed E-state index contributed by atoms with van der Waals surface area (Å²) in [6.45, 7) is 12.9. The topological polar surface area (TPSA) is 77.1 Å². The van der Waals surface area contributed by atoms with Gasteiger partial charge in [-0.1, -0.05) is 11.8 Å². The number of aromatic nitrogens is 2. The molecule has 0 radical (unpaired) electrons. The predicted molar refractivity (Wildman–Crippen MR) is 143 cm³/mol. The lowest BCUT2D eigenvalue weighted by Crippen LogP contribution is -2.50. The van der Waals surface area contributed by atoms with E-state index in [0.717, 1.165) is 88.1 Å². The number of nitrogens with zero attached hydrogens (tertiary/aromatic N) is 6. The number of carbonyl (C=O) groups is 1. The Morgan fingerprint density at radius 3 is 2.31 bits per heavy atom. The molecule has 2 fully saturated rings. The molecule has 0 aliphatic carbocycles. The van der Waals surface area contributed by atoms with Gasteiger partial charge in [-0.05, 0) is 44.4 Å².